The molecule has 15 heavy (non-hydrogen) atoms. The van der Waals surface area contributed by atoms with Gasteiger partial charge >= 0.3 is 6.18 Å². The lowest BCUT2D eigenvalue weighted by Gasteiger charge is -2.08. The zero-order valence-electron chi connectivity index (χ0n) is 7.31. The van der Waals surface area contributed by atoms with E-state index in [9.17, 15) is 18.0 Å². The molecule has 7 heteroatoms. The number of carbonyl (C=O) groups excluding carboxylic acids is 1. The number of halogens is 4. The minimum atomic E-state index is -4.42. The van der Waals surface area contributed by atoms with Crippen LogP contribution >= 0.6 is 15.9 Å². The highest BCUT2D eigenvalue weighted by molar-refractivity contribution is 9.10. The summed E-state index contributed by atoms with van der Waals surface area (Å²) in [6, 6.07) is 3.08. The Labute approximate surface area is 91.8 Å². The van der Waals surface area contributed by atoms with Gasteiger partial charge in [0.1, 0.15) is 12.2 Å². The summed E-state index contributed by atoms with van der Waals surface area (Å²) in [7, 11) is 0. The fourth-order valence-electron chi connectivity index (χ4n) is 0.817. The molecular formula is C8H6BrF3N2O. The summed E-state index contributed by atoms with van der Waals surface area (Å²) in [5.41, 5.74) is -0.0678. The Morgan fingerprint density at radius 3 is 2.73 bits per heavy atom. The summed E-state index contributed by atoms with van der Waals surface area (Å²) in [6.45, 7) is -1.37. The van der Waals surface area contributed by atoms with E-state index in [2.05, 4.69) is 20.9 Å². The summed E-state index contributed by atoms with van der Waals surface area (Å²) in [5.74, 6) is -0.861. The van der Waals surface area contributed by atoms with Gasteiger partial charge in [-0.1, -0.05) is 0 Å². The lowest BCUT2D eigenvalue weighted by atomic mass is 10.3. The molecule has 0 saturated heterocycles. The zero-order chi connectivity index (χ0) is 11.5. The van der Waals surface area contributed by atoms with Crippen LogP contribution in [0.5, 0.6) is 0 Å². The zero-order valence-corrected chi connectivity index (χ0v) is 8.89. The number of rotatable bonds is 2. The van der Waals surface area contributed by atoms with Crippen molar-refractivity contribution in [1.29, 1.82) is 0 Å². The minimum Gasteiger partial charge on any atom is -0.342 e. The van der Waals surface area contributed by atoms with Gasteiger partial charge in [0, 0.05) is 10.7 Å². The van der Waals surface area contributed by atoms with Gasteiger partial charge in [-0.15, -0.1) is 0 Å². The van der Waals surface area contributed by atoms with Crippen LogP contribution in [0, 0.1) is 0 Å². The smallest absolute Gasteiger partial charge is 0.342 e. The minimum absolute atomic E-state index is 0.0678. The Morgan fingerprint density at radius 2 is 2.20 bits per heavy atom. The van der Waals surface area contributed by atoms with E-state index in [1.165, 1.54) is 12.3 Å². The second-order valence-corrected chi connectivity index (χ2v) is 3.49. The van der Waals surface area contributed by atoms with Crippen molar-refractivity contribution in [2.24, 2.45) is 0 Å². The van der Waals surface area contributed by atoms with E-state index in [1.54, 1.807) is 11.4 Å². The van der Waals surface area contributed by atoms with Crippen LogP contribution in [0.1, 0.15) is 10.5 Å². The van der Waals surface area contributed by atoms with Gasteiger partial charge in [-0.3, -0.25) is 4.79 Å². The first kappa shape index (κ1) is 12.0. The first-order valence-electron chi connectivity index (χ1n) is 3.85. The largest absolute Gasteiger partial charge is 0.405 e. The molecule has 1 rings (SSSR count). The molecule has 0 aliphatic heterocycles. The summed E-state index contributed by atoms with van der Waals surface area (Å²) in [6.07, 6.45) is -3.09. The van der Waals surface area contributed by atoms with E-state index in [4.69, 9.17) is 0 Å². The second kappa shape index (κ2) is 4.61. The Bertz CT molecular complexity index is 367. The fraction of sp³-hybridized carbons (Fsp3) is 0.250. The first-order chi connectivity index (χ1) is 6.90. The molecule has 0 aromatic carbocycles. The van der Waals surface area contributed by atoms with Crippen molar-refractivity contribution in [3.8, 4) is 0 Å². The third-order valence-corrected chi connectivity index (χ3v) is 2.06. The molecule has 1 amide bonds. The summed E-state index contributed by atoms with van der Waals surface area (Å²) >= 11 is 3.01. The van der Waals surface area contributed by atoms with Crippen LogP contribution in [0.25, 0.3) is 0 Å². The number of pyridine rings is 1. The number of aromatic nitrogens is 1. The van der Waals surface area contributed by atoms with E-state index < -0.39 is 18.6 Å². The van der Waals surface area contributed by atoms with E-state index in [0.717, 1.165) is 0 Å². The summed E-state index contributed by atoms with van der Waals surface area (Å²) in [4.78, 5) is 14.9. The Kier molecular flexibility index (Phi) is 3.67. The van der Waals surface area contributed by atoms with Gasteiger partial charge in [0.05, 0.1) is 0 Å². The third kappa shape index (κ3) is 3.86. The predicted molar refractivity (Wildman–Crippen MR) is 50.3 cm³/mol. The van der Waals surface area contributed by atoms with Crippen LogP contribution in [0.4, 0.5) is 13.2 Å². The van der Waals surface area contributed by atoms with Gasteiger partial charge in [0.25, 0.3) is 5.91 Å². The van der Waals surface area contributed by atoms with Crippen LogP contribution in [0.3, 0.4) is 0 Å². The number of alkyl halides is 3. The molecule has 0 aliphatic rings. The van der Waals surface area contributed by atoms with E-state index >= 15 is 0 Å². The maximum Gasteiger partial charge on any atom is 0.405 e. The molecule has 1 aromatic rings. The average molecular weight is 283 g/mol. The average Bonchev–Trinajstić information content (AvgIpc) is 2.14. The second-order valence-electron chi connectivity index (χ2n) is 2.63. The highest BCUT2D eigenvalue weighted by atomic mass is 79.9. The molecule has 0 aliphatic carbocycles. The Morgan fingerprint density at radius 1 is 1.53 bits per heavy atom. The fourth-order valence-corrected chi connectivity index (χ4v) is 1.25. The van der Waals surface area contributed by atoms with Crippen LogP contribution < -0.4 is 5.32 Å². The monoisotopic (exact) mass is 282 g/mol. The highest BCUT2D eigenvalue weighted by Crippen LogP contribution is 2.15. The maximum absolute atomic E-state index is 11.8. The van der Waals surface area contributed by atoms with Gasteiger partial charge in [0.15, 0.2) is 0 Å². The predicted octanol–water partition coefficient (Wildman–Crippen LogP) is 2.14. The molecule has 0 atom stereocenters. The van der Waals surface area contributed by atoms with Crippen molar-refractivity contribution >= 4 is 21.8 Å². The van der Waals surface area contributed by atoms with E-state index in [-0.39, 0.29) is 5.69 Å². The lowest BCUT2D eigenvalue weighted by molar-refractivity contribution is -0.123. The number of nitrogens with zero attached hydrogens (tertiary/aromatic N) is 1. The molecule has 0 saturated carbocycles. The van der Waals surface area contributed by atoms with Crippen LogP contribution in [-0.4, -0.2) is 23.6 Å². The molecule has 0 bridgehead atoms. The van der Waals surface area contributed by atoms with Gasteiger partial charge < -0.3 is 5.32 Å². The first-order valence-corrected chi connectivity index (χ1v) is 4.65. The molecule has 3 nitrogen and oxygen atoms in total. The van der Waals surface area contributed by atoms with E-state index in [0.29, 0.717) is 4.47 Å². The van der Waals surface area contributed by atoms with Crippen LogP contribution in [0.2, 0.25) is 0 Å². The summed E-state index contributed by atoms with van der Waals surface area (Å²) < 4.78 is 35.7. The number of carbonyl (C=O) groups is 1. The molecule has 82 valence electrons. The molecular weight excluding hydrogens is 277 g/mol. The van der Waals surface area contributed by atoms with Crippen LogP contribution in [0.15, 0.2) is 22.8 Å². The van der Waals surface area contributed by atoms with Crippen molar-refractivity contribution in [2.75, 3.05) is 6.54 Å². The number of hydrogen-bond acceptors (Lipinski definition) is 2. The SMILES string of the molecule is O=C(NCC(F)(F)F)c1ncccc1Br. The van der Waals surface area contributed by atoms with Crippen LogP contribution in [-0.2, 0) is 0 Å². The van der Waals surface area contributed by atoms with E-state index in [1.807, 2.05) is 0 Å². The Hall–Kier alpha value is -1.11. The topological polar surface area (TPSA) is 42.0 Å². The molecule has 0 unspecified atom stereocenters. The molecule has 1 N–H and O–H groups in total. The van der Waals surface area contributed by atoms with Crippen molar-refractivity contribution in [1.82, 2.24) is 10.3 Å². The van der Waals surface area contributed by atoms with Gasteiger partial charge in [0.2, 0.25) is 0 Å². The highest BCUT2D eigenvalue weighted by Gasteiger charge is 2.28. The summed E-state index contributed by atoms with van der Waals surface area (Å²) in [5, 5.41) is 1.72. The van der Waals surface area contributed by atoms with Gasteiger partial charge in [-0.2, -0.15) is 13.2 Å². The van der Waals surface area contributed by atoms with Crippen molar-refractivity contribution in [3.63, 3.8) is 0 Å². The maximum atomic E-state index is 11.8. The molecule has 0 spiro atoms. The third-order valence-electron chi connectivity index (χ3n) is 1.42. The molecule has 1 aromatic heterocycles. The number of amides is 1. The normalized spacial score (nSPS) is 11.2. The quantitative estimate of drug-likeness (QED) is 0.903. The van der Waals surface area contributed by atoms with Crippen molar-refractivity contribution in [2.45, 2.75) is 6.18 Å². The molecule has 1 heterocycles. The number of nitrogens with one attached hydrogen (secondary N) is 1. The molecule has 0 radical (unpaired) electrons. The van der Waals surface area contributed by atoms with Gasteiger partial charge in [-0.05, 0) is 28.1 Å². The number of hydrogen-bond donors (Lipinski definition) is 1. The van der Waals surface area contributed by atoms with Gasteiger partial charge in [-0.25, -0.2) is 4.98 Å². The molecule has 0 fully saturated rings. The Balaban J connectivity index is 2.66. The lowest BCUT2D eigenvalue weighted by Crippen LogP contribution is -2.34. The van der Waals surface area contributed by atoms with Crippen molar-refractivity contribution in [3.05, 3.63) is 28.5 Å². The van der Waals surface area contributed by atoms with Crippen molar-refractivity contribution < 1.29 is 18.0 Å². The standard InChI is InChI=1S/C8H6BrF3N2O/c9-5-2-1-3-13-6(5)7(15)14-4-8(10,11)12/h1-3H,4H2,(H,14,15).